The van der Waals surface area contributed by atoms with Crippen molar-refractivity contribution < 1.29 is 4.74 Å². The largest absolute Gasteiger partial charge is 0.377 e. The summed E-state index contributed by atoms with van der Waals surface area (Å²) in [7, 11) is 0. The molecule has 2 unspecified atom stereocenters. The summed E-state index contributed by atoms with van der Waals surface area (Å²) in [5.41, 5.74) is 0.302. The number of rotatable bonds is 6. The molecule has 0 aromatic rings. The van der Waals surface area contributed by atoms with Gasteiger partial charge in [-0.05, 0) is 43.6 Å². The Morgan fingerprint density at radius 1 is 1.15 bits per heavy atom. The van der Waals surface area contributed by atoms with E-state index in [4.69, 9.17) is 4.74 Å². The predicted molar refractivity (Wildman–Crippen MR) is 85.9 cm³/mol. The van der Waals surface area contributed by atoms with Gasteiger partial charge < -0.3 is 10.1 Å². The van der Waals surface area contributed by atoms with Crippen LogP contribution in [0.4, 0.5) is 0 Å². The lowest BCUT2D eigenvalue weighted by molar-refractivity contribution is -0.124. The van der Waals surface area contributed by atoms with Gasteiger partial charge in [0, 0.05) is 18.1 Å². The minimum Gasteiger partial charge on any atom is -0.377 e. The van der Waals surface area contributed by atoms with Crippen molar-refractivity contribution in [3.05, 3.63) is 0 Å². The van der Waals surface area contributed by atoms with E-state index in [2.05, 4.69) is 39.9 Å². The number of nitrogens with one attached hydrogen (secondary N) is 1. The zero-order chi connectivity index (χ0) is 14.8. The molecule has 1 N–H and O–H groups in total. The van der Waals surface area contributed by atoms with Crippen LogP contribution in [0.15, 0.2) is 0 Å². The Labute approximate surface area is 126 Å². The minimum absolute atomic E-state index is 0.302. The Hall–Kier alpha value is -0.0800. The molecule has 2 aliphatic rings. The molecular weight excluding hydrogens is 246 g/mol. The van der Waals surface area contributed by atoms with Gasteiger partial charge in [0.15, 0.2) is 0 Å². The molecule has 0 heterocycles. The fourth-order valence-corrected chi connectivity index (χ4v) is 3.67. The third kappa shape index (κ3) is 3.98. The summed E-state index contributed by atoms with van der Waals surface area (Å²) < 4.78 is 6.05. The van der Waals surface area contributed by atoms with Crippen LogP contribution in [0, 0.1) is 23.2 Å². The van der Waals surface area contributed by atoms with E-state index < -0.39 is 0 Å². The highest BCUT2D eigenvalue weighted by Gasteiger charge is 2.48. The molecule has 0 aromatic carbocycles. The average molecular weight is 281 g/mol. The van der Waals surface area contributed by atoms with Gasteiger partial charge in [-0.25, -0.2) is 0 Å². The van der Waals surface area contributed by atoms with E-state index in [-0.39, 0.29) is 0 Å². The molecular formula is C18H35NO. The summed E-state index contributed by atoms with van der Waals surface area (Å²) in [5, 5.41) is 3.83. The normalized spacial score (nSPS) is 36.9. The Morgan fingerprint density at radius 2 is 1.80 bits per heavy atom. The first kappa shape index (κ1) is 16.3. The van der Waals surface area contributed by atoms with E-state index >= 15 is 0 Å². The summed E-state index contributed by atoms with van der Waals surface area (Å²) in [6, 6.07) is 0.652. The summed E-state index contributed by atoms with van der Waals surface area (Å²) in [6.07, 6.45) is 7.36. The van der Waals surface area contributed by atoms with Crippen molar-refractivity contribution in [1.29, 1.82) is 0 Å². The Bertz CT molecular complexity index is 292. The van der Waals surface area contributed by atoms with Crippen LogP contribution in [0.2, 0.25) is 0 Å². The van der Waals surface area contributed by atoms with Crippen molar-refractivity contribution in [3.63, 3.8) is 0 Å². The number of hydrogen-bond donors (Lipinski definition) is 1. The number of ether oxygens (including phenoxy) is 1. The molecule has 0 bridgehead atoms. The molecule has 2 rings (SSSR count). The Balaban J connectivity index is 1.67. The van der Waals surface area contributed by atoms with E-state index in [0.29, 0.717) is 23.5 Å². The van der Waals surface area contributed by atoms with Gasteiger partial charge in [-0.1, -0.05) is 47.5 Å². The Morgan fingerprint density at radius 3 is 2.35 bits per heavy atom. The molecule has 0 saturated heterocycles. The van der Waals surface area contributed by atoms with Crippen LogP contribution < -0.4 is 5.32 Å². The molecule has 0 amide bonds. The summed E-state index contributed by atoms with van der Waals surface area (Å²) in [6.45, 7) is 13.7. The third-order valence-electron chi connectivity index (χ3n) is 5.60. The molecule has 118 valence electrons. The van der Waals surface area contributed by atoms with Gasteiger partial charge in [0.05, 0.1) is 6.10 Å². The zero-order valence-electron chi connectivity index (χ0n) is 14.2. The van der Waals surface area contributed by atoms with Crippen molar-refractivity contribution in [2.24, 2.45) is 23.2 Å². The Kier molecular flexibility index (Phi) is 5.53. The summed E-state index contributed by atoms with van der Waals surface area (Å²) >= 11 is 0. The van der Waals surface area contributed by atoms with E-state index in [9.17, 15) is 0 Å². The lowest BCUT2D eigenvalue weighted by Gasteiger charge is -2.52. The van der Waals surface area contributed by atoms with Gasteiger partial charge in [0.1, 0.15) is 0 Å². The zero-order valence-corrected chi connectivity index (χ0v) is 14.2. The SMILES string of the molecule is CC(C)COC1CC(NCC2CCC(C)CC2)C1(C)C. The quantitative estimate of drug-likeness (QED) is 0.786. The lowest BCUT2D eigenvalue weighted by atomic mass is 9.64. The standard InChI is InChI=1S/C18H35NO/c1-13(2)12-20-17-10-16(18(17,4)5)19-11-15-8-6-14(3)7-9-15/h13-17,19H,6-12H2,1-5H3. The van der Waals surface area contributed by atoms with E-state index in [1.54, 1.807) is 0 Å². The lowest BCUT2D eigenvalue weighted by Crippen LogP contribution is -2.61. The molecule has 20 heavy (non-hydrogen) atoms. The van der Waals surface area contributed by atoms with Crippen molar-refractivity contribution in [1.82, 2.24) is 5.32 Å². The van der Waals surface area contributed by atoms with Gasteiger partial charge in [0.25, 0.3) is 0 Å². The van der Waals surface area contributed by atoms with Gasteiger partial charge >= 0.3 is 0 Å². The maximum absolute atomic E-state index is 6.05. The van der Waals surface area contributed by atoms with Crippen LogP contribution in [0.1, 0.15) is 66.7 Å². The molecule has 0 radical (unpaired) electrons. The number of hydrogen-bond acceptors (Lipinski definition) is 2. The van der Waals surface area contributed by atoms with Crippen molar-refractivity contribution in [2.45, 2.75) is 78.9 Å². The van der Waals surface area contributed by atoms with Crippen LogP contribution >= 0.6 is 0 Å². The molecule has 2 atom stereocenters. The van der Waals surface area contributed by atoms with Crippen LogP contribution in [-0.4, -0.2) is 25.3 Å². The fourth-order valence-electron chi connectivity index (χ4n) is 3.67. The highest BCUT2D eigenvalue weighted by molar-refractivity contribution is 5.03. The molecule has 0 spiro atoms. The molecule has 0 aromatic heterocycles. The van der Waals surface area contributed by atoms with Crippen LogP contribution in [0.25, 0.3) is 0 Å². The molecule has 0 aliphatic heterocycles. The second-order valence-electron chi connectivity index (χ2n) is 8.36. The van der Waals surface area contributed by atoms with Crippen LogP contribution in [-0.2, 0) is 4.74 Å². The molecule has 2 saturated carbocycles. The highest BCUT2D eigenvalue weighted by Crippen LogP contribution is 2.43. The second-order valence-corrected chi connectivity index (χ2v) is 8.36. The van der Waals surface area contributed by atoms with Crippen molar-refractivity contribution in [2.75, 3.05) is 13.2 Å². The van der Waals surface area contributed by atoms with Crippen LogP contribution in [0.3, 0.4) is 0 Å². The maximum Gasteiger partial charge on any atom is 0.0656 e. The first-order valence-electron chi connectivity index (χ1n) is 8.74. The average Bonchev–Trinajstić information content (AvgIpc) is 2.38. The molecule has 2 nitrogen and oxygen atoms in total. The minimum atomic E-state index is 0.302. The van der Waals surface area contributed by atoms with Gasteiger partial charge in [-0.3, -0.25) is 0 Å². The topological polar surface area (TPSA) is 21.3 Å². The predicted octanol–water partition coefficient (Wildman–Crippen LogP) is 4.24. The van der Waals surface area contributed by atoms with Gasteiger partial charge in [0.2, 0.25) is 0 Å². The van der Waals surface area contributed by atoms with E-state index in [1.165, 1.54) is 38.6 Å². The monoisotopic (exact) mass is 281 g/mol. The van der Waals surface area contributed by atoms with Gasteiger partial charge in [-0.2, -0.15) is 0 Å². The molecule has 2 aliphatic carbocycles. The maximum atomic E-state index is 6.05. The summed E-state index contributed by atoms with van der Waals surface area (Å²) in [5.74, 6) is 2.51. The second kappa shape index (κ2) is 6.79. The van der Waals surface area contributed by atoms with Crippen molar-refractivity contribution >= 4 is 0 Å². The van der Waals surface area contributed by atoms with E-state index in [1.807, 2.05) is 0 Å². The first-order chi connectivity index (χ1) is 9.39. The van der Waals surface area contributed by atoms with Crippen molar-refractivity contribution in [3.8, 4) is 0 Å². The molecule has 2 fully saturated rings. The summed E-state index contributed by atoms with van der Waals surface area (Å²) in [4.78, 5) is 0. The van der Waals surface area contributed by atoms with E-state index in [0.717, 1.165) is 18.4 Å². The van der Waals surface area contributed by atoms with Gasteiger partial charge in [-0.15, -0.1) is 0 Å². The molecule has 2 heteroatoms. The first-order valence-corrected chi connectivity index (χ1v) is 8.74. The van der Waals surface area contributed by atoms with Crippen LogP contribution in [0.5, 0.6) is 0 Å². The smallest absolute Gasteiger partial charge is 0.0656 e. The fraction of sp³-hybridized carbons (Fsp3) is 1.00. The highest BCUT2D eigenvalue weighted by atomic mass is 16.5. The third-order valence-corrected chi connectivity index (χ3v) is 5.60.